The first kappa shape index (κ1) is 18.7. The van der Waals surface area contributed by atoms with Gasteiger partial charge in [-0.05, 0) is 25.8 Å². The van der Waals surface area contributed by atoms with Crippen LogP contribution >= 0.6 is 0 Å². The molecule has 6 nitrogen and oxygen atoms in total. The minimum atomic E-state index is -0.728. The predicted octanol–water partition coefficient (Wildman–Crippen LogP) is 0.814. The van der Waals surface area contributed by atoms with Crippen molar-refractivity contribution in [2.75, 3.05) is 6.54 Å². The van der Waals surface area contributed by atoms with Gasteiger partial charge >= 0.3 is 0 Å². The Bertz CT molecular complexity index is 593. The number of Topliss-reactive ketones (excluding diaryl/α,β-unsaturated/α-hetero) is 3. The molecule has 1 unspecified atom stereocenters. The molecule has 1 aromatic rings. The lowest BCUT2D eigenvalue weighted by Gasteiger charge is -2.17. The van der Waals surface area contributed by atoms with Crippen LogP contribution in [0.2, 0.25) is 0 Å². The van der Waals surface area contributed by atoms with E-state index in [1.165, 1.54) is 13.8 Å². The van der Waals surface area contributed by atoms with E-state index in [1.54, 1.807) is 24.3 Å². The molecule has 0 saturated carbocycles. The van der Waals surface area contributed by atoms with Crippen molar-refractivity contribution in [3.63, 3.8) is 0 Å². The van der Waals surface area contributed by atoms with Gasteiger partial charge in [0, 0.05) is 18.4 Å². The van der Waals surface area contributed by atoms with Crippen molar-refractivity contribution in [1.29, 1.82) is 0 Å². The Morgan fingerprint density at radius 2 is 1.65 bits per heavy atom. The van der Waals surface area contributed by atoms with Crippen LogP contribution in [0, 0.1) is 0 Å². The van der Waals surface area contributed by atoms with Gasteiger partial charge in [-0.2, -0.15) is 0 Å². The van der Waals surface area contributed by atoms with Crippen molar-refractivity contribution >= 4 is 23.3 Å². The molecule has 0 radical (unpaired) electrons. The Kier molecular flexibility index (Phi) is 7.28. The lowest BCUT2D eigenvalue weighted by Crippen LogP contribution is -2.45. The third kappa shape index (κ3) is 6.52. The topological polar surface area (TPSA) is 106 Å². The molecule has 0 heterocycles. The van der Waals surface area contributed by atoms with E-state index in [0.29, 0.717) is 12.0 Å². The average molecular weight is 318 g/mol. The van der Waals surface area contributed by atoms with E-state index in [2.05, 4.69) is 5.32 Å². The van der Waals surface area contributed by atoms with Crippen LogP contribution in [0.25, 0.3) is 0 Å². The third-order valence-corrected chi connectivity index (χ3v) is 3.43. The molecule has 0 spiro atoms. The summed E-state index contributed by atoms with van der Waals surface area (Å²) in [5, 5.41) is 2.58. The number of ketones is 3. The summed E-state index contributed by atoms with van der Waals surface area (Å²) in [6.07, 6.45) is 0.522. The maximum atomic E-state index is 12.2. The molecule has 3 N–H and O–H groups in total. The summed E-state index contributed by atoms with van der Waals surface area (Å²) in [7, 11) is 0. The second-order valence-corrected chi connectivity index (χ2v) is 5.45. The van der Waals surface area contributed by atoms with Gasteiger partial charge in [0.15, 0.2) is 11.6 Å². The molecule has 124 valence electrons. The summed E-state index contributed by atoms with van der Waals surface area (Å²) in [6, 6.07) is 6.13. The van der Waals surface area contributed by atoms with Gasteiger partial charge in [0.05, 0.1) is 12.6 Å². The molecule has 1 rings (SSSR count). The molecule has 0 fully saturated rings. The number of rotatable bonds is 9. The van der Waals surface area contributed by atoms with E-state index >= 15 is 0 Å². The van der Waals surface area contributed by atoms with E-state index in [0.717, 1.165) is 5.56 Å². The smallest absolute Gasteiger partial charge is 0.234 e. The van der Waals surface area contributed by atoms with E-state index < -0.39 is 11.9 Å². The van der Waals surface area contributed by atoms with Gasteiger partial charge < -0.3 is 15.8 Å². The van der Waals surface area contributed by atoms with Gasteiger partial charge in [0.2, 0.25) is 5.91 Å². The van der Waals surface area contributed by atoms with Gasteiger partial charge in [0.1, 0.15) is 5.78 Å². The fourth-order valence-electron chi connectivity index (χ4n) is 2.08. The number of hydrogen-bond acceptors (Lipinski definition) is 5. The van der Waals surface area contributed by atoms with Crippen molar-refractivity contribution < 1.29 is 19.2 Å². The van der Waals surface area contributed by atoms with Crippen molar-refractivity contribution in [1.82, 2.24) is 5.32 Å². The highest BCUT2D eigenvalue weighted by Gasteiger charge is 2.21. The summed E-state index contributed by atoms with van der Waals surface area (Å²) in [5.41, 5.74) is 6.67. The van der Waals surface area contributed by atoms with Crippen LogP contribution in [0.5, 0.6) is 0 Å². The zero-order valence-corrected chi connectivity index (χ0v) is 13.4. The summed E-state index contributed by atoms with van der Waals surface area (Å²) >= 11 is 0. The van der Waals surface area contributed by atoms with Crippen LogP contribution < -0.4 is 11.1 Å². The largest absolute Gasteiger partial charge is 0.345 e. The summed E-state index contributed by atoms with van der Waals surface area (Å²) < 4.78 is 0. The molecule has 6 heteroatoms. The zero-order valence-electron chi connectivity index (χ0n) is 13.4. The molecule has 1 amide bonds. The molecular formula is C17H22N2O4. The summed E-state index contributed by atoms with van der Waals surface area (Å²) in [6.45, 7) is 2.69. The van der Waals surface area contributed by atoms with Gasteiger partial charge in [-0.15, -0.1) is 0 Å². The molecule has 0 aliphatic rings. The van der Waals surface area contributed by atoms with Gasteiger partial charge in [-0.1, -0.05) is 24.3 Å². The third-order valence-electron chi connectivity index (χ3n) is 3.43. The maximum Gasteiger partial charge on any atom is 0.234 e. The second-order valence-electron chi connectivity index (χ2n) is 5.45. The number of carbonyl (C=O) groups excluding carboxylic acids is 4. The SMILES string of the molecule is CC(=O)CCC(=O)C(Cc1ccc(C(C)=O)cc1)NC(=O)CN. The fourth-order valence-corrected chi connectivity index (χ4v) is 2.08. The molecule has 1 aromatic carbocycles. The van der Waals surface area contributed by atoms with Crippen molar-refractivity contribution in [2.24, 2.45) is 5.73 Å². The minimum absolute atomic E-state index is 0.0398. The van der Waals surface area contributed by atoms with E-state index in [1.807, 2.05) is 0 Å². The Labute approximate surface area is 135 Å². The highest BCUT2D eigenvalue weighted by Crippen LogP contribution is 2.10. The molecule has 0 bridgehead atoms. The quantitative estimate of drug-likeness (QED) is 0.655. The summed E-state index contributed by atoms with van der Waals surface area (Å²) in [4.78, 5) is 46.0. The lowest BCUT2D eigenvalue weighted by molar-refractivity contribution is -0.128. The molecule has 23 heavy (non-hydrogen) atoms. The first-order valence-corrected chi connectivity index (χ1v) is 7.45. The zero-order chi connectivity index (χ0) is 17.4. The number of benzene rings is 1. The van der Waals surface area contributed by atoms with Crippen LogP contribution in [0.4, 0.5) is 0 Å². The number of hydrogen-bond donors (Lipinski definition) is 2. The molecule has 1 atom stereocenters. The Morgan fingerprint density at radius 1 is 1.04 bits per heavy atom. The van der Waals surface area contributed by atoms with Crippen molar-refractivity contribution in [2.45, 2.75) is 39.2 Å². The fraction of sp³-hybridized carbons (Fsp3) is 0.412. The average Bonchev–Trinajstić information content (AvgIpc) is 2.52. The molecule has 0 aliphatic carbocycles. The minimum Gasteiger partial charge on any atom is -0.345 e. The highest BCUT2D eigenvalue weighted by molar-refractivity contribution is 5.94. The normalized spacial score (nSPS) is 11.6. The van der Waals surface area contributed by atoms with Crippen molar-refractivity contribution in [3.8, 4) is 0 Å². The Morgan fingerprint density at radius 3 is 2.13 bits per heavy atom. The van der Waals surface area contributed by atoms with Gasteiger partial charge in [-0.3, -0.25) is 14.4 Å². The van der Waals surface area contributed by atoms with E-state index in [9.17, 15) is 19.2 Å². The van der Waals surface area contributed by atoms with Crippen LogP contribution in [0.1, 0.15) is 42.6 Å². The van der Waals surface area contributed by atoms with Gasteiger partial charge in [-0.25, -0.2) is 0 Å². The highest BCUT2D eigenvalue weighted by atomic mass is 16.2. The Balaban J connectivity index is 2.82. The van der Waals surface area contributed by atoms with Gasteiger partial charge in [0.25, 0.3) is 0 Å². The van der Waals surface area contributed by atoms with E-state index in [4.69, 9.17) is 5.73 Å². The van der Waals surface area contributed by atoms with Crippen LogP contribution in [0.3, 0.4) is 0 Å². The second kappa shape index (κ2) is 8.95. The number of nitrogens with two attached hydrogens (primary N) is 1. The molecular weight excluding hydrogens is 296 g/mol. The first-order chi connectivity index (χ1) is 10.8. The molecule has 0 aliphatic heterocycles. The molecule has 0 aromatic heterocycles. The number of amides is 1. The van der Waals surface area contributed by atoms with Crippen LogP contribution in [-0.2, 0) is 20.8 Å². The predicted molar refractivity (Wildman–Crippen MR) is 86.1 cm³/mol. The molecule has 0 saturated heterocycles. The lowest BCUT2D eigenvalue weighted by atomic mass is 9.97. The standard InChI is InChI=1S/C17H22N2O4/c1-11(20)3-8-16(22)15(19-17(23)10-18)9-13-4-6-14(7-5-13)12(2)21/h4-7,15H,3,8-10,18H2,1-2H3,(H,19,23). The first-order valence-electron chi connectivity index (χ1n) is 7.45. The Hall–Kier alpha value is -2.34. The van der Waals surface area contributed by atoms with Crippen molar-refractivity contribution in [3.05, 3.63) is 35.4 Å². The van der Waals surface area contributed by atoms with Crippen LogP contribution in [-0.4, -0.2) is 35.8 Å². The monoisotopic (exact) mass is 318 g/mol. The van der Waals surface area contributed by atoms with E-state index in [-0.39, 0.29) is 36.7 Å². The summed E-state index contributed by atoms with van der Waals surface area (Å²) in [5.74, 6) is -0.751. The number of nitrogens with one attached hydrogen (secondary N) is 1. The van der Waals surface area contributed by atoms with Crippen LogP contribution in [0.15, 0.2) is 24.3 Å². The number of carbonyl (C=O) groups is 4. The maximum absolute atomic E-state index is 12.2.